The lowest BCUT2D eigenvalue weighted by Crippen LogP contribution is -2.75. The molecule has 1 saturated heterocycles. The zero-order chi connectivity index (χ0) is 23.2. The number of aromatic nitrogens is 4. The van der Waals surface area contributed by atoms with E-state index in [4.69, 9.17) is 34.0 Å². The van der Waals surface area contributed by atoms with Crippen LogP contribution in [0.4, 0.5) is 5.95 Å². The van der Waals surface area contributed by atoms with Crippen LogP contribution >= 0.6 is 23.2 Å². The molecule has 0 atom stereocenters. The summed E-state index contributed by atoms with van der Waals surface area (Å²) < 4.78 is 1.68. The van der Waals surface area contributed by atoms with Crippen molar-refractivity contribution in [3.05, 3.63) is 64.6 Å². The van der Waals surface area contributed by atoms with Gasteiger partial charge in [-0.3, -0.25) is 4.79 Å². The molecule has 2 aromatic heterocycles. The van der Waals surface area contributed by atoms with E-state index in [1.54, 1.807) is 4.52 Å². The monoisotopic (exact) mass is 481 g/mol. The lowest BCUT2D eigenvalue weighted by atomic mass is 9.89. The first-order valence-corrected chi connectivity index (χ1v) is 11.2. The Morgan fingerprint density at radius 1 is 1.09 bits per heavy atom. The first kappa shape index (κ1) is 21.6. The molecule has 8 nitrogen and oxygen atoms in total. The Balaban J connectivity index is 1.63. The van der Waals surface area contributed by atoms with E-state index in [1.807, 2.05) is 66.4 Å². The number of carbonyl (C=O) groups is 1. The number of nitrogens with zero attached hydrogens (tertiary/aromatic N) is 5. The summed E-state index contributed by atoms with van der Waals surface area (Å²) in [5, 5.41) is 18.0. The van der Waals surface area contributed by atoms with Crippen molar-refractivity contribution >= 4 is 40.7 Å². The number of likely N-dealkylation sites (N-methyl/N-ethyl adjacent to an activating group) is 1. The summed E-state index contributed by atoms with van der Waals surface area (Å²) in [6, 6.07) is 17.0. The third-order valence-corrected chi connectivity index (χ3v) is 6.43. The van der Waals surface area contributed by atoms with Crippen LogP contribution in [0.25, 0.3) is 28.0 Å². The molecule has 33 heavy (non-hydrogen) atoms. The molecule has 4 aromatic rings. The highest BCUT2D eigenvalue weighted by Crippen LogP contribution is 2.36. The Morgan fingerprint density at radius 2 is 1.82 bits per heavy atom. The van der Waals surface area contributed by atoms with Gasteiger partial charge in [-0.1, -0.05) is 60.5 Å². The van der Waals surface area contributed by atoms with Crippen LogP contribution in [0.5, 0.6) is 0 Å². The van der Waals surface area contributed by atoms with Crippen molar-refractivity contribution in [1.82, 2.24) is 25.1 Å². The van der Waals surface area contributed by atoms with E-state index in [9.17, 15) is 4.79 Å². The number of fused-ring (bicyclic) bond motifs is 1. The van der Waals surface area contributed by atoms with Crippen LogP contribution in [0.1, 0.15) is 6.92 Å². The predicted octanol–water partition coefficient (Wildman–Crippen LogP) is 3.42. The first-order valence-electron chi connectivity index (χ1n) is 10.5. The van der Waals surface area contributed by atoms with Gasteiger partial charge in [0.15, 0.2) is 5.65 Å². The number of nitrogens with two attached hydrogens (primary N) is 1. The average molecular weight is 482 g/mol. The smallest absolute Gasteiger partial charge is 0.248 e. The molecular formula is C23H21Cl2N7O. The highest BCUT2D eigenvalue weighted by atomic mass is 35.5. The fraction of sp³-hybridized carbons (Fsp3) is 0.217. The van der Waals surface area contributed by atoms with E-state index in [0.29, 0.717) is 47.0 Å². The summed E-state index contributed by atoms with van der Waals surface area (Å²) in [6.45, 7) is 3.35. The van der Waals surface area contributed by atoms with Crippen molar-refractivity contribution in [1.29, 1.82) is 0 Å². The topological polar surface area (TPSA) is 101 Å². The number of carbonyl (C=O) groups excluding carboxylic acids is 1. The average Bonchev–Trinajstić information content (AvgIpc) is 3.18. The molecule has 0 aliphatic carbocycles. The third kappa shape index (κ3) is 3.70. The molecule has 5 rings (SSSR count). The van der Waals surface area contributed by atoms with Gasteiger partial charge in [0.25, 0.3) is 0 Å². The largest absolute Gasteiger partial charge is 0.368 e. The molecule has 0 bridgehead atoms. The van der Waals surface area contributed by atoms with Crippen LogP contribution < -0.4 is 16.0 Å². The number of amides is 1. The van der Waals surface area contributed by atoms with Crippen molar-refractivity contribution in [2.24, 2.45) is 5.73 Å². The Kier molecular flexibility index (Phi) is 5.44. The molecule has 1 aliphatic rings. The number of anilines is 1. The van der Waals surface area contributed by atoms with Gasteiger partial charge in [0.2, 0.25) is 11.9 Å². The second-order valence-corrected chi connectivity index (χ2v) is 8.84. The minimum absolute atomic E-state index is 0.385. The number of benzene rings is 2. The minimum atomic E-state index is -0.782. The van der Waals surface area contributed by atoms with Crippen LogP contribution in [0.2, 0.25) is 10.0 Å². The first-order chi connectivity index (χ1) is 15.9. The third-order valence-electron chi connectivity index (χ3n) is 5.85. The molecule has 0 unspecified atom stereocenters. The molecule has 0 radical (unpaired) electrons. The van der Waals surface area contributed by atoms with E-state index < -0.39 is 5.54 Å². The summed E-state index contributed by atoms with van der Waals surface area (Å²) in [5.41, 5.74) is 8.70. The maximum absolute atomic E-state index is 12.0. The van der Waals surface area contributed by atoms with Crippen molar-refractivity contribution in [2.45, 2.75) is 12.5 Å². The fourth-order valence-electron chi connectivity index (χ4n) is 4.16. The standard InChI is InChI=1S/C23H21Cl2N7O/c1-2-27-23(21(26)33)12-31(13-23)22-29-28-19-11-17(14-7-9-15(24)10-8-14)20(30-32(19)22)16-5-3-4-6-18(16)25/h3-11,27H,2,12-13H2,1H3,(H2,26,33). The predicted molar refractivity (Wildman–Crippen MR) is 129 cm³/mol. The van der Waals surface area contributed by atoms with Gasteiger partial charge >= 0.3 is 0 Å². The normalized spacial score (nSPS) is 14.9. The van der Waals surface area contributed by atoms with Crippen molar-refractivity contribution in [2.75, 3.05) is 24.5 Å². The highest BCUT2D eigenvalue weighted by molar-refractivity contribution is 6.33. The molecule has 2 aromatic carbocycles. The van der Waals surface area contributed by atoms with E-state index in [0.717, 1.165) is 16.7 Å². The van der Waals surface area contributed by atoms with Gasteiger partial charge in [-0.15, -0.1) is 10.2 Å². The van der Waals surface area contributed by atoms with Gasteiger partial charge in [-0.2, -0.15) is 9.61 Å². The quantitative estimate of drug-likeness (QED) is 0.437. The number of primary amides is 1. The summed E-state index contributed by atoms with van der Waals surface area (Å²) in [6.07, 6.45) is 0. The lowest BCUT2D eigenvalue weighted by molar-refractivity contribution is -0.125. The van der Waals surface area contributed by atoms with Crippen LogP contribution in [-0.4, -0.2) is 50.9 Å². The Hall–Kier alpha value is -3.20. The molecule has 168 valence electrons. The number of halogens is 2. The van der Waals surface area contributed by atoms with E-state index in [2.05, 4.69) is 15.5 Å². The lowest BCUT2D eigenvalue weighted by Gasteiger charge is -2.48. The molecule has 1 amide bonds. The maximum Gasteiger partial charge on any atom is 0.248 e. The second-order valence-electron chi connectivity index (χ2n) is 8.00. The molecule has 10 heteroatoms. The Morgan fingerprint density at radius 3 is 2.48 bits per heavy atom. The second kappa shape index (κ2) is 8.30. The van der Waals surface area contributed by atoms with Gasteiger partial charge in [0.05, 0.1) is 5.02 Å². The van der Waals surface area contributed by atoms with Crippen molar-refractivity contribution in [3.63, 3.8) is 0 Å². The Labute approximate surface area is 200 Å². The molecule has 1 aliphatic heterocycles. The van der Waals surface area contributed by atoms with Crippen LogP contribution in [0, 0.1) is 0 Å². The summed E-state index contributed by atoms with van der Waals surface area (Å²) >= 11 is 12.6. The van der Waals surface area contributed by atoms with Crippen molar-refractivity contribution < 1.29 is 4.79 Å². The number of hydrogen-bond acceptors (Lipinski definition) is 6. The van der Waals surface area contributed by atoms with Crippen LogP contribution in [0.3, 0.4) is 0 Å². The molecule has 3 N–H and O–H groups in total. The SMILES string of the molecule is CCNC1(C(N)=O)CN(c2nnc3cc(-c4ccc(Cl)cc4)c(-c4ccccc4Cl)nn23)C1. The van der Waals surface area contributed by atoms with Gasteiger partial charge in [0.1, 0.15) is 11.2 Å². The summed E-state index contributed by atoms with van der Waals surface area (Å²) in [7, 11) is 0. The van der Waals surface area contributed by atoms with Crippen LogP contribution in [0.15, 0.2) is 54.6 Å². The molecular weight excluding hydrogens is 461 g/mol. The van der Waals surface area contributed by atoms with Gasteiger partial charge < -0.3 is 16.0 Å². The minimum Gasteiger partial charge on any atom is -0.368 e. The fourth-order valence-corrected chi connectivity index (χ4v) is 4.51. The van der Waals surface area contributed by atoms with Crippen molar-refractivity contribution in [3.8, 4) is 22.4 Å². The van der Waals surface area contributed by atoms with E-state index >= 15 is 0 Å². The van der Waals surface area contributed by atoms with Gasteiger partial charge in [-0.25, -0.2) is 0 Å². The zero-order valence-electron chi connectivity index (χ0n) is 17.8. The molecule has 0 spiro atoms. The molecule has 0 saturated carbocycles. The van der Waals surface area contributed by atoms with E-state index in [-0.39, 0.29) is 5.91 Å². The van der Waals surface area contributed by atoms with E-state index in [1.165, 1.54) is 0 Å². The highest BCUT2D eigenvalue weighted by Gasteiger charge is 2.49. The zero-order valence-corrected chi connectivity index (χ0v) is 19.3. The molecule has 3 heterocycles. The van der Waals surface area contributed by atoms with Gasteiger partial charge in [0, 0.05) is 29.2 Å². The maximum atomic E-state index is 12.0. The molecule has 1 fully saturated rings. The number of rotatable bonds is 6. The summed E-state index contributed by atoms with van der Waals surface area (Å²) in [5.74, 6) is 0.153. The van der Waals surface area contributed by atoms with Crippen LogP contribution in [-0.2, 0) is 4.79 Å². The number of hydrogen-bond donors (Lipinski definition) is 2. The number of nitrogens with one attached hydrogen (secondary N) is 1. The Bertz CT molecular complexity index is 1350. The summed E-state index contributed by atoms with van der Waals surface area (Å²) in [4.78, 5) is 14.0. The van der Waals surface area contributed by atoms with Gasteiger partial charge in [-0.05, 0) is 36.4 Å².